The van der Waals surface area contributed by atoms with Crippen molar-refractivity contribution in [1.29, 1.82) is 5.26 Å². The van der Waals surface area contributed by atoms with Gasteiger partial charge in [0, 0.05) is 25.6 Å². The van der Waals surface area contributed by atoms with Crippen molar-refractivity contribution >= 4 is 40.1 Å². The number of carboxylic acids is 1. The molecule has 1 heterocycles. The number of nitriles is 1. The molecule has 0 fully saturated rings. The van der Waals surface area contributed by atoms with Crippen LogP contribution in [-0.4, -0.2) is 35.1 Å². The summed E-state index contributed by atoms with van der Waals surface area (Å²) in [5.74, 6) is -2.77. The molecule has 0 atom stereocenters. The molecule has 1 aromatic heterocycles. The second kappa shape index (κ2) is 9.70. The van der Waals surface area contributed by atoms with Gasteiger partial charge in [-0.15, -0.1) is 0 Å². The third kappa shape index (κ3) is 4.77. The molecule has 3 aromatic carbocycles. The molecule has 0 unspecified atom stereocenters. The van der Waals surface area contributed by atoms with Gasteiger partial charge in [-0.25, -0.2) is 4.79 Å². The second-order valence-corrected chi connectivity index (χ2v) is 8.15. The van der Waals surface area contributed by atoms with Gasteiger partial charge in [-0.1, -0.05) is 23.4 Å². The van der Waals surface area contributed by atoms with Crippen molar-refractivity contribution in [2.75, 3.05) is 17.3 Å². The van der Waals surface area contributed by atoms with Gasteiger partial charge in [0.05, 0.1) is 39.5 Å². The van der Waals surface area contributed by atoms with Gasteiger partial charge >= 0.3 is 12.1 Å². The number of nitrogens with zero attached hydrogens (tertiary/aromatic N) is 3. The van der Waals surface area contributed by atoms with E-state index in [1.807, 2.05) is 0 Å². The van der Waals surface area contributed by atoms with E-state index >= 15 is 0 Å². The summed E-state index contributed by atoms with van der Waals surface area (Å²) in [6.07, 6.45) is -4.71. The zero-order valence-corrected chi connectivity index (χ0v) is 19.8. The minimum atomic E-state index is -4.71. The Bertz CT molecular complexity index is 1650. The fourth-order valence-electron chi connectivity index (χ4n) is 3.85. The highest BCUT2D eigenvalue weighted by molar-refractivity contribution is 6.14. The lowest BCUT2D eigenvalue weighted by molar-refractivity contribution is -0.137. The molecule has 4 rings (SSSR count). The van der Waals surface area contributed by atoms with Gasteiger partial charge in [0.25, 0.3) is 5.91 Å². The molecule has 0 bridgehead atoms. The number of fused-ring (bicyclic) bond motifs is 1. The fraction of sp³-hybridized carbons (Fsp3) is 0.115. The van der Waals surface area contributed by atoms with Crippen LogP contribution >= 0.6 is 0 Å². The molecule has 38 heavy (non-hydrogen) atoms. The van der Waals surface area contributed by atoms with Crippen LogP contribution in [0.15, 0.2) is 59.1 Å². The highest BCUT2D eigenvalue weighted by atomic mass is 19.4. The molecule has 0 spiro atoms. The number of nitrogens with one attached hydrogen (secondary N) is 1. The molecule has 0 aliphatic carbocycles. The highest BCUT2D eigenvalue weighted by Gasteiger charge is 2.34. The lowest BCUT2D eigenvalue weighted by Crippen LogP contribution is -2.23. The molecule has 4 aromatic rings. The molecule has 2 N–H and O–H groups in total. The Balaban J connectivity index is 1.89. The minimum absolute atomic E-state index is 0.00442. The standard InChI is InChI=1S/C26H17F3N4O5/c1-13(34)33(2)21-11-22-18(10-16(21)15-5-3-4-6-19(15)26(27,28)29)23(32-38-22)24(35)31-20-8-7-14(12-30)9-17(20)25(36)37/h3-11H,1-2H3,(H,31,35)(H,36,37). The number of benzene rings is 3. The molecule has 0 aliphatic rings. The summed E-state index contributed by atoms with van der Waals surface area (Å²) in [5, 5.41) is 24.6. The summed E-state index contributed by atoms with van der Waals surface area (Å²) in [4.78, 5) is 38.0. The van der Waals surface area contributed by atoms with Gasteiger partial charge in [-0.2, -0.15) is 18.4 Å². The van der Waals surface area contributed by atoms with Crippen LogP contribution in [0.25, 0.3) is 22.1 Å². The molecular weight excluding hydrogens is 505 g/mol. The topological polar surface area (TPSA) is 137 Å². The predicted molar refractivity (Wildman–Crippen MR) is 130 cm³/mol. The maximum atomic E-state index is 13.8. The zero-order valence-electron chi connectivity index (χ0n) is 19.8. The van der Waals surface area contributed by atoms with E-state index in [-0.39, 0.29) is 50.3 Å². The van der Waals surface area contributed by atoms with Crippen LogP contribution in [0.1, 0.15) is 38.9 Å². The maximum Gasteiger partial charge on any atom is 0.417 e. The average molecular weight is 522 g/mol. The molecule has 9 nitrogen and oxygen atoms in total. The van der Waals surface area contributed by atoms with Crippen molar-refractivity contribution in [3.63, 3.8) is 0 Å². The van der Waals surface area contributed by atoms with E-state index in [1.54, 1.807) is 6.07 Å². The number of hydrogen-bond donors (Lipinski definition) is 2. The van der Waals surface area contributed by atoms with Gasteiger partial charge < -0.3 is 19.8 Å². The van der Waals surface area contributed by atoms with Crippen molar-refractivity contribution in [2.45, 2.75) is 13.1 Å². The van der Waals surface area contributed by atoms with Crippen LogP contribution in [0, 0.1) is 11.3 Å². The Hall–Kier alpha value is -5.18. The molecule has 192 valence electrons. The smallest absolute Gasteiger partial charge is 0.417 e. The van der Waals surface area contributed by atoms with E-state index in [9.17, 15) is 32.7 Å². The van der Waals surface area contributed by atoms with E-state index in [0.29, 0.717) is 0 Å². The molecule has 2 amide bonds. The monoisotopic (exact) mass is 522 g/mol. The van der Waals surface area contributed by atoms with Crippen molar-refractivity contribution in [2.24, 2.45) is 0 Å². The summed E-state index contributed by atoms with van der Waals surface area (Å²) < 4.78 is 46.8. The third-order valence-corrected chi connectivity index (χ3v) is 5.79. The number of carbonyl (C=O) groups excluding carboxylic acids is 2. The van der Waals surface area contributed by atoms with Crippen molar-refractivity contribution < 1.29 is 37.2 Å². The number of aromatic nitrogens is 1. The van der Waals surface area contributed by atoms with E-state index in [4.69, 9.17) is 9.78 Å². The highest BCUT2D eigenvalue weighted by Crippen LogP contribution is 2.42. The van der Waals surface area contributed by atoms with Crippen LogP contribution in [0.2, 0.25) is 0 Å². The summed E-state index contributed by atoms with van der Waals surface area (Å²) in [5.41, 5.74) is -1.87. The molecule has 12 heteroatoms. The number of carboxylic acid groups (broad SMARTS) is 1. The number of amides is 2. The molecule has 0 aliphatic heterocycles. The van der Waals surface area contributed by atoms with Gasteiger partial charge in [0.15, 0.2) is 11.3 Å². The fourth-order valence-corrected chi connectivity index (χ4v) is 3.85. The van der Waals surface area contributed by atoms with Gasteiger partial charge in [-0.05, 0) is 35.9 Å². The lowest BCUT2D eigenvalue weighted by atomic mass is 9.95. The van der Waals surface area contributed by atoms with E-state index in [0.717, 1.165) is 17.0 Å². The number of anilines is 2. The van der Waals surface area contributed by atoms with Gasteiger partial charge in [-0.3, -0.25) is 9.59 Å². The summed E-state index contributed by atoms with van der Waals surface area (Å²) in [7, 11) is 1.38. The number of halogens is 3. The number of rotatable bonds is 5. The Kier molecular flexibility index (Phi) is 6.61. The molecule has 0 saturated carbocycles. The van der Waals surface area contributed by atoms with Crippen molar-refractivity contribution in [3.8, 4) is 17.2 Å². The Morgan fingerprint density at radius 2 is 1.79 bits per heavy atom. The van der Waals surface area contributed by atoms with Crippen LogP contribution < -0.4 is 10.2 Å². The average Bonchev–Trinajstić information content (AvgIpc) is 3.30. The molecular formula is C26H17F3N4O5. The van der Waals surface area contributed by atoms with Gasteiger partial charge in [0.1, 0.15) is 0 Å². The van der Waals surface area contributed by atoms with E-state index < -0.39 is 29.5 Å². The summed E-state index contributed by atoms with van der Waals surface area (Å²) >= 11 is 0. The van der Waals surface area contributed by atoms with E-state index in [1.165, 1.54) is 56.4 Å². The van der Waals surface area contributed by atoms with Crippen LogP contribution in [0.3, 0.4) is 0 Å². The Morgan fingerprint density at radius 3 is 2.42 bits per heavy atom. The SMILES string of the molecule is CC(=O)N(C)c1cc2onc(C(=O)Nc3ccc(C#N)cc3C(=O)O)c2cc1-c1ccccc1C(F)(F)F. The number of aromatic carboxylic acids is 1. The predicted octanol–water partition coefficient (Wildman–Crippen LogP) is 5.32. The normalized spacial score (nSPS) is 11.2. The summed E-state index contributed by atoms with van der Waals surface area (Å²) in [6.45, 7) is 1.24. The molecule has 0 saturated heterocycles. The minimum Gasteiger partial charge on any atom is -0.478 e. The first-order valence-corrected chi connectivity index (χ1v) is 10.9. The maximum absolute atomic E-state index is 13.8. The molecule has 0 radical (unpaired) electrons. The summed E-state index contributed by atoms with van der Waals surface area (Å²) in [6, 6.07) is 12.8. The van der Waals surface area contributed by atoms with Gasteiger partial charge in [0.2, 0.25) is 5.91 Å². The van der Waals surface area contributed by atoms with Crippen LogP contribution in [0.5, 0.6) is 0 Å². The zero-order chi connectivity index (χ0) is 27.8. The van der Waals surface area contributed by atoms with Crippen molar-refractivity contribution in [3.05, 3.63) is 77.0 Å². The second-order valence-electron chi connectivity index (χ2n) is 8.15. The quantitative estimate of drug-likeness (QED) is 0.362. The number of hydrogen-bond acceptors (Lipinski definition) is 6. The third-order valence-electron chi connectivity index (χ3n) is 5.79. The largest absolute Gasteiger partial charge is 0.478 e. The van der Waals surface area contributed by atoms with E-state index in [2.05, 4.69) is 10.5 Å². The Labute approximate surface area is 212 Å². The first kappa shape index (κ1) is 25.9. The number of alkyl halides is 3. The Morgan fingerprint density at radius 1 is 1.08 bits per heavy atom. The number of carbonyl (C=O) groups is 3. The van der Waals surface area contributed by atoms with Crippen LogP contribution in [-0.2, 0) is 11.0 Å². The lowest BCUT2D eigenvalue weighted by Gasteiger charge is -2.21. The first-order chi connectivity index (χ1) is 17.9. The van der Waals surface area contributed by atoms with Crippen molar-refractivity contribution in [1.82, 2.24) is 5.16 Å². The first-order valence-electron chi connectivity index (χ1n) is 10.9. The van der Waals surface area contributed by atoms with Crippen LogP contribution in [0.4, 0.5) is 24.5 Å².